The summed E-state index contributed by atoms with van der Waals surface area (Å²) in [6.07, 6.45) is 5.86. The molecule has 2 aliphatic rings. The molecule has 27 heavy (non-hydrogen) atoms. The quantitative estimate of drug-likeness (QED) is 0.751. The minimum absolute atomic E-state index is 0.261. The molecule has 5 heteroatoms. The maximum atomic E-state index is 12.8. The molecular formula is C22H25N3OS. The van der Waals surface area contributed by atoms with Gasteiger partial charge in [-0.3, -0.25) is 9.69 Å². The molecule has 1 saturated heterocycles. The van der Waals surface area contributed by atoms with Crippen LogP contribution in [-0.2, 0) is 24.2 Å². The van der Waals surface area contributed by atoms with Crippen molar-refractivity contribution >= 4 is 28.1 Å². The molecule has 4 nitrogen and oxygen atoms in total. The smallest absolute Gasteiger partial charge is 0.227 e. The van der Waals surface area contributed by atoms with Crippen LogP contribution in [0.15, 0.2) is 41.9 Å². The van der Waals surface area contributed by atoms with Crippen molar-refractivity contribution in [1.82, 2.24) is 14.8 Å². The van der Waals surface area contributed by atoms with Crippen LogP contribution in [0.5, 0.6) is 0 Å². The fourth-order valence-corrected chi connectivity index (χ4v) is 5.50. The van der Waals surface area contributed by atoms with Crippen LogP contribution in [0.4, 0.5) is 0 Å². The number of aromatic nitrogens is 1. The number of thiophene rings is 1. The summed E-state index contributed by atoms with van der Waals surface area (Å²) in [5, 5.41) is 3.39. The predicted octanol–water partition coefficient (Wildman–Crippen LogP) is 3.82. The Hall–Kier alpha value is -2.11. The van der Waals surface area contributed by atoms with Crippen molar-refractivity contribution < 1.29 is 4.79 Å². The molecule has 2 aromatic heterocycles. The first-order valence-electron chi connectivity index (χ1n) is 9.90. The van der Waals surface area contributed by atoms with Gasteiger partial charge in [0.05, 0.1) is 6.42 Å². The van der Waals surface area contributed by atoms with Crippen molar-refractivity contribution in [1.29, 1.82) is 0 Å². The number of piperidine rings is 1. The molecular weight excluding hydrogens is 354 g/mol. The van der Waals surface area contributed by atoms with Gasteiger partial charge in [-0.15, -0.1) is 11.3 Å². The number of hydrogen-bond donors (Lipinski definition) is 1. The number of nitrogens with one attached hydrogen (secondary N) is 1. The van der Waals surface area contributed by atoms with Crippen molar-refractivity contribution in [3.8, 4) is 0 Å². The van der Waals surface area contributed by atoms with Crippen LogP contribution < -0.4 is 0 Å². The molecule has 2 aliphatic heterocycles. The van der Waals surface area contributed by atoms with E-state index in [1.165, 1.54) is 23.9 Å². The van der Waals surface area contributed by atoms with E-state index in [0.717, 1.165) is 43.6 Å². The number of nitrogens with zero attached hydrogens (tertiary/aromatic N) is 2. The van der Waals surface area contributed by atoms with Crippen molar-refractivity contribution in [2.45, 2.75) is 38.3 Å². The van der Waals surface area contributed by atoms with Gasteiger partial charge in [-0.1, -0.05) is 18.2 Å². The summed E-state index contributed by atoms with van der Waals surface area (Å²) in [5.41, 5.74) is 3.74. The van der Waals surface area contributed by atoms with Crippen LogP contribution in [0, 0.1) is 0 Å². The number of H-pyrrole nitrogens is 1. The molecule has 140 valence electrons. The van der Waals surface area contributed by atoms with E-state index in [1.807, 2.05) is 29.7 Å². The van der Waals surface area contributed by atoms with Crippen LogP contribution in [0.3, 0.4) is 0 Å². The first-order chi connectivity index (χ1) is 13.3. The summed E-state index contributed by atoms with van der Waals surface area (Å²) in [7, 11) is 0. The van der Waals surface area contributed by atoms with E-state index < -0.39 is 0 Å². The van der Waals surface area contributed by atoms with Crippen molar-refractivity contribution in [3.05, 3.63) is 57.9 Å². The maximum absolute atomic E-state index is 12.8. The zero-order chi connectivity index (χ0) is 18.2. The summed E-state index contributed by atoms with van der Waals surface area (Å²) >= 11 is 1.90. The standard InChI is InChI=1S/C22H25N3OS/c26-22(13-17-14-23-20-4-2-1-3-19(17)20)24-9-5-18(6-10-24)25-11-7-21-16(15-25)8-12-27-21/h1-4,8,12,14,18,23H,5-7,9-11,13,15H2. The first-order valence-corrected chi connectivity index (χ1v) is 10.8. The molecule has 0 unspecified atom stereocenters. The zero-order valence-electron chi connectivity index (χ0n) is 15.5. The molecule has 0 spiro atoms. The Balaban J connectivity index is 1.19. The number of benzene rings is 1. The van der Waals surface area contributed by atoms with E-state index in [0.29, 0.717) is 12.5 Å². The van der Waals surface area contributed by atoms with Gasteiger partial charge in [-0.2, -0.15) is 0 Å². The highest BCUT2D eigenvalue weighted by Crippen LogP contribution is 2.28. The van der Waals surface area contributed by atoms with Crippen LogP contribution in [-0.4, -0.2) is 46.4 Å². The number of carbonyl (C=O) groups is 1. The summed E-state index contributed by atoms with van der Waals surface area (Å²) in [5.74, 6) is 0.261. The minimum Gasteiger partial charge on any atom is -0.361 e. The monoisotopic (exact) mass is 379 g/mol. The third-order valence-electron chi connectivity index (χ3n) is 6.19. The fraction of sp³-hybridized carbons (Fsp3) is 0.409. The average molecular weight is 380 g/mol. The Morgan fingerprint density at radius 3 is 2.89 bits per heavy atom. The van der Waals surface area contributed by atoms with Gasteiger partial charge in [0.2, 0.25) is 5.91 Å². The van der Waals surface area contributed by atoms with Gasteiger partial charge in [0, 0.05) is 54.2 Å². The third kappa shape index (κ3) is 3.30. The lowest BCUT2D eigenvalue weighted by molar-refractivity contribution is -0.132. The van der Waals surface area contributed by atoms with E-state index >= 15 is 0 Å². The molecule has 1 fully saturated rings. The zero-order valence-corrected chi connectivity index (χ0v) is 16.3. The molecule has 0 aliphatic carbocycles. The number of amides is 1. The highest BCUT2D eigenvalue weighted by atomic mass is 32.1. The Morgan fingerprint density at radius 2 is 2.00 bits per heavy atom. The van der Waals surface area contributed by atoms with Crippen LogP contribution in [0.25, 0.3) is 10.9 Å². The van der Waals surface area contributed by atoms with Crippen molar-refractivity contribution in [2.24, 2.45) is 0 Å². The SMILES string of the molecule is O=C(Cc1c[nH]c2ccccc12)N1CCC(N2CCc3sccc3C2)CC1. The Kier molecular flexibility index (Phi) is 4.50. The van der Waals surface area contributed by atoms with E-state index in [9.17, 15) is 4.79 Å². The van der Waals surface area contributed by atoms with Gasteiger partial charge in [0.15, 0.2) is 0 Å². The normalized spacial score (nSPS) is 18.7. The Labute approximate surface area is 163 Å². The molecule has 1 amide bonds. The number of para-hydroxylation sites is 1. The molecule has 5 rings (SSSR count). The van der Waals surface area contributed by atoms with Crippen LogP contribution >= 0.6 is 11.3 Å². The van der Waals surface area contributed by atoms with Gasteiger partial charge >= 0.3 is 0 Å². The maximum Gasteiger partial charge on any atom is 0.227 e. The molecule has 0 atom stereocenters. The van der Waals surface area contributed by atoms with Crippen LogP contribution in [0.1, 0.15) is 28.8 Å². The van der Waals surface area contributed by atoms with Crippen LogP contribution in [0.2, 0.25) is 0 Å². The number of hydrogen-bond acceptors (Lipinski definition) is 3. The van der Waals surface area contributed by atoms with Gasteiger partial charge in [0.25, 0.3) is 0 Å². The minimum atomic E-state index is 0.261. The Morgan fingerprint density at radius 1 is 1.15 bits per heavy atom. The second-order valence-electron chi connectivity index (χ2n) is 7.74. The molecule has 0 saturated carbocycles. The van der Waals surface area contributed by atoms with Gasteiger partial charge in [-0.25, -0.2) is 0 Å². The predicted molar refractivity (Wildman–Crippen MR) is 110 cm³/mol. The second-order valence-corrected chi connectivity index (χ2v) is 8.74. The number of rotatable bonds is 3. The highest BCUT2D eigenvalue weighted by Gasteiger charge is 2.29. The lowest BCUT2D eigenvalue weighted by atomic mass is 9.99. The topological polar surface area (TPSA) is 39.3 Å². The third-order valence-corrected chi connectivity index (χ3v) is 7.21. The summed E-state index contributed by atoms with van der Waals surface area (Å²) in [4.78, 5) is 22.4. The molecule has 0 bridgehead atoms. The molecule has 4 heterocycles. The number of likely N-dealkylation sites (tertiary alicyclic amines) is 1. The largest absolute Gasteiger partial charge is 0.361 e. The van der Waals surface area contributed by atoms with Crippen molar-refractivity contribution in [2.75, 3.05) is 19.6 Å². The highest BCUT2D eigenvalue weighted by molar-refractivity contribution is 7.10. The Bertz CT molecular complexity index is 951. The van der Waals surface area contributed by atoms with E-state index in [4.69, 9.17) is 0 Å². The molecule has 0 radical (unpaired) electrons. The summed E-state index contributed by atoms with van der Waals surface area (Å²) < 4.78 is 0. The lowest BCUT2D eigenvalue weighted by Crippen LogP contribution is -2.48. The summed E-state index contributed by atoms with van der Waals surface area (Å²) in [6.45, 7) is 4.03. The van der Waals surface area contributed by atoms with Crippen molar-refractivity contribution in [3.63, 3.8) is 0 Å². The molecule has 1 N–H and O–H groups in total. The van der Waals surface area contributed by atoms with E-state index in [1.54, 1.807) is 4.88 Å². The summed E-state index contributed by atoms with van der Waals surface area (Å²) in [6, 6.07) is 11.1. The second kappa shape index (κ2) is 7.13. The van der Waals surface area contributed by atoms with E-state index in [-0.39, 0.29) is 5.91 Å². The first kappa shape index (κ1) is 17.0. The average Bonchev–Trinajstić information content (AvgIpc) is 3.35. The van der Waals surface area contributed by atoms with Gasteiger partial charge in [0.1, 0.15) is 0 Å². The molecule has 3 aromatic rings. The fourth-order valence-electron chi connectivity index (χ4n) is 4.61. The number of aromatic amines is 1. The van der Waals surface area contributed by atoms with E-state index in [2.05, 4.69) is 38.4 Å². The van der Waals surface area contributed by atoms with Gasteiger partial charge in [-0.05, 0) is 47.9 Å². The molecule has 1 aromatic carbocycles. The number of carbonyl (C=O) groups excluding carboxylic acids is 1. The lowest BCUT2D eigenvalue weighted by Gasteiger charge is -2.40. The van der Waals surface area contributed by atoms with Gasteiger partial charge < -0.3 is 9.88 Å². The number of fused-ring (bicyclic) bond motifs is 2.